The van der Waals surface area contributed by atoms with E-state index in [0.29, 0.717) is 29.2 Å². The zero-order valence-electron chi connectivity index (χ0n) is 15.6. The summed E-state index contributed by atoms with van der Waals surface area (Å²) in [5.74, 6) is 0.408. The summed E-state index contributed by atoms with van der Waals surface area (Å²) in [6, 6.07) is 12.0. The quantitative estimate of drug-likeness (QED) is 0.727. The topological polar surface area (TPSA) is 85.3 Å². The van der Waals surface area contributed by atoms with E-state index in [-0.39, 0.29) is 19.0 Å². The number of carbonyl (C=O) groups is 2. The van der Waals surface area contributed by atoms with E-state index in [1.165, 1.54) is 12.0 Å². The molecule has 2 rings (SSSR count). The number of benzene rings is 2. The molecule has 0 saturated carbocycles. The predicted molar refractivity (Wildman–Crippen MR) is 99.8 cm³/mol. The molecule has 1 amide bonds. The Balaban J connectivity index is 2.14. The van der Waals surface area contributed by atoms with Crippen LogP contribution in [0.3, 0.4) is 0 Å². The Kier molecular flexibility index (Phi) is 7.05. The van der Waals surface area contributed by atoms with Crippen LogP contribution in [0, 0.1) is 0 Å². The Morgan fingerprint density at radius 1 is 0.926 bits per heavy atom. The normalized spacial score (nSPS) is 10.2. The van der Waals surface area contributed by atoms with Crippen molar-refractivity contribution in [3.63, 3.8) is 0 Å². The number of aliphatic carboxylic acids is 1. The highest BCUT2D eigenvalue weighted by Crippen LogP contribution is 2.27. The molecule has 2 aromatic rings. The van der Waals surface area contributed by atoms with Crippen LogP contribution in [0.25, 0.3) is 0 Å². The van der Waals surface area contributed by atoms with Crippen LogP contribution in [0.1, 0.15) is 15.9 Å². The minimum absolute atomic E-state index is 0.257. The zero-order chi connectivity index (χ0) is 19.8. The number of carboxylic acids is 1. The van der Waals surface area contributed by atoms with Gasteiger partial charge in [0.05, 0.1) is 21.3 Å². The number of rotatable bonds is 9. The predicted octanol–water partition coefficient (Wildman–Crippen LogP) is 2.48. The van der Waals surface area contributed by atoms with Gasteiger partial charge in [0.1, 0.15) is 12.3 Å². The first-order valence-electron chi connectivity index (χ1n) is 8.34. The molecule has 7 heteroatoms. The molecule has 0 aliphatic heterocycles. The Morgan fingerprint density at radius 3 is 2.15 bits per heavy atom. The van der Waals surface area contributed by atoms with E-state index in [9.17, 15) is 9.59 Å². The van der Waals surface area contributed by atoms with Crippen molar-refractivity contribution in [1.82, 2.24) is 4.90 Å². The summed E-state index contributed by atoms with van der Waals surface area (Å²) in [6.45, 7) is -0.120. The van der Waals surface area contributed by atoms with Crippen molar-refractivity contribution in [2.45, 2.75) is 6.42 Å². The number of carboxylic acid groups (broad SMARTS) is 1. The highest BCUT2D eigenvalue weighted by atomic mass is 16.5. The second-order valence-corrected chi connectivity index (χ2v) is 5.79. The van der Waals surface area contributed by atoms with E-state index in [0.717, 1.165) is 5.56 Å². The Bertz CT molecular complexity index is 788. The van der Waals surface area contributed by atoms with Crippen LogP contribution in [-0.4, -0.2) is 56.3 Å². The molecule has 0 aliphatic carbocycles. The summed E-state index contributed by atoms with van der Waals surface area (Å²) in [7, 11) is 4.64. The van der Waals surface area contributed by atoms with Gasteiger partial charge in [-0.25, -0.2) is 0 Å². The number of nitrogens with zero attached hydrogens (tertiary/aromatic N) is 1. The van der Waals surface area contributed by atoms with Crippen LogP contribution in [-0.2, 0) is 11.2 Å². The monoisotopic (exact) mass is 373 g/mol. The van der Waals surface area contributed by atoms with Crippen LogP contribution < -0.4 is 14.2 Å². The van der Waals surface area contributed by atoms with Gasteiger partial charge in [0.25, 0.3) is 5.91 Å². The van der Waals surface area contributed by atoms with E-state index < -0.39 is 5.97 Å². The minimum Gasteiger partial charge on any atom is -0.497 e. The number of methoxy groups -OCH3 is 3. The maximum Gasteiger partial charge on any atom is 0.323 e. The van der Waals surface area contributed by atoms with Crippen LogP contribution >= 0.6 is 0 Å². The van der Waals surface area contributed by atoms with Crippen molar-refractivity contribution >= 4 is 11.9 Å². The lowest BCUT2D eigenvalue weighted by atomic mass is 10.1. The van der Waals surface area contributed by atoms with Crippen molar-refractivity contribution in [2.24, 2.45) is 0 Å². The highest BCUT2D eigenvalue weighted by molar-refractivity contribution is 5.96. The molecular weight excluding hydrogens is 350 g/mol. The average Bonchev–Trinajstić information content (AvgIpc) is 2.70. The summed E-state index contributed by atoms with van der Waals surface area (Å²) in [6.07, 6.45) is 0.482. The number of hydrogen-bond donors (Lipinski definition) is 1. The molecule has 0 unspecified atom stereocenters. The van der Waals surface area contributed by atoms with Gasteiger partial charge in [-0.3, -0.25) is 9.59 Å². The summed E-state index contributed by atoms with van der Waals surface area (Å²) in [5.41, 5.74) is 1.31. The summed E-state index contributed by atoms with van der Waals surface area (Å²) < 4.78 is 15.6. The first kappa shape index (κ1) is 20.1. The molecule has 0 spiro atoms. The van der Waals surface area contributed by atoms with Crippen molar-refractivity contribution < 1.29 is 28.9 Å². The maximum atomic E-state index is 12.7. The van der Waals surface area contributed by atoms with E-state index in [1.54, 1.807) is 44.6 Å². The van der Waals surface area contributed by atoms with E-state index in [1.807, 2.05) is 12.1 Å². The lowest BCUT2D eigenvalue weighted by molar-refractivity contribution is -0.137. The number of hydrogen-bond acceptors (Lipinski definition) is 5. The summed E-state index contributed by atoms with van der Waals surface area (Å²) in [4.78, 5) is 25.2. The van der Waals surface area contributed by atoms with Gasteiger partial charge in [0, 0.05) is 12.1 Å². The third kappa shape index (κ3) is 5.37. The Hall–Kier alpha value is -3.22. The van der Waals surface area contributed by atoms with Gasteiger partial charge in [-0.2, -0.15) is 0 Å². The number of carbonyl (C=O) groups excluding carboxylic acids is 1. The summed E-state index contributed by atoms with van der Waals surface area (Å²) in [5, 5.41) is 9.16. The van der Waals surface area contributed by atoms with Crippen LogP contribution in [0.15, 0.2) is 42.5 Å². The summed E-state index contributed by atoms with van der Waals surface area (Å²) >= 11 is 0. The van der Waals surface area contributed by atoms with Crippen molar-refractivity contribution in [2.75, 3.05) is 34.4 Å². The Morgan fingerprint density at radius 2 is 1.59 bits per heavy atom. The molecular formula is C20H23NO6. The SMILES string of the molecule is COc1ccc(C(=O)N(CCc2ccc(OC)c(OC)c2)CC(=O)O)cc1. The lowest BCUT2D eigenvalue weighted by Gasteiger charge is -2.21. The van der Waals surface area contributed by atoms with Gasteiger partial charge in [-0.05, 0) is 48.4 Å². The number of ether oxygens (including phenoxy) is 3. The van der Waals surface area contributed by atoms with Gasteiger partial charge in [0.15, 0.2) is 11.5 Å². The van der Waals surface area contributed by atoms with Crippen LogP contribution in [0.2, 0.25) is 0 Å². The van der Waals surface area contributed by atoms with Gasteiger partial charge in [-0.15, -0.1) is 0 Å². The standard InChI is InChI=1S/C20H23NO6/c1-25-16-7-5-15(6-8-16)20(24)21(13-19(22)23)11-10-14-4-9-17(26-2)18(12-14)27-3/h4-9,12H,10-11,13H2,1-3H3,(H,22,23). The molecule has 2 aromatic carbocycles. The third-order valence-corrected chi connectivity index (χ3v) is 4.07. The third-order valence-electron chi connectivity index (χ3n) is 4.07. The molecule has 7 nitrogen and oxygen atoms in total. The largest absolute Gasteiger partial charge is 0.497 e. The van der Waals surface area contributed by atoms with Crippen molar-refractivity contribution in [1.29, 1.82) is 0 Å². The van der Waals surface area contributed by atoms with E-state index in [2.05, 4.69) is 0 Å². The van der Waals surface area contributed by atoms with Gasteiger partial charge in [0.2, 0.25) is 0 Å². The molecule has 1 N–H and O–H groups in total. The van der Waals surface area contributed by atoms with Gasteiger partial charge < -0.3 is 24.2 Å². The molecule has 0 aliphatic rings. The number of amides is 1. The van der Waals surface area contributed by atoms with Crippen LogP contribution in [0.5, 0.6) is 17.2 Å². The molecule has 0 saturated heterocycles. The molecule has 0 bridgehead atoms. The minimum atomic E-state index is -1.07. The van der Waals surface area contributed by atoms with Gasteiger partial charge in [-0.1, -0.05) is 6.07 Å². The molecule has 0 atom stereocenters. The fraction of sp³-hybridized carbons (Fsp3) is 0.300. The highest BCUT2D eigenvalue weighted by Gasteiger charge is 2.19. The van der Waals surface area contributed by atoms with Crippen molar-refractivity contribution in [3.8, 4) is 17.2 Å². The molecule has 0 heterocycles. The molecule has 0 radical (unpaired) electrons. The van der Waals surface area contributed by atoms with E-state index >= 15 is 0 Å². The van der Waals surface area contributed by atoms with Crippen molar-refractivity contribution in [3.05, 3.63) is 53.6 Å². The second-order valence-electron chi connectivity index (χ2n) is 5.79. The fourth-order valence-corrected chi connectivity index (χ4v) is 2.63. The molecule has 0 fully saturated rings. The first-order valence-corrected chi connectivity index (χ1v) is 8.34. The smallest absolute Gasteiger partial charge is 0.323 e. The average molecular weight is 373 g/mol. The molecule has 27 heavy (non-hydrogen) atoms. The first-order chi connectivity index (χ1) is 13.0. The molecule has 0 aromatic heterocycles. The fourth-order valence-electron chi connectivity index (χ4n) is 2.63. The van der Waals surface area contributed by atoms with E-state index in [4.69, 9.17) is 19.3 Å². The lowest BCUT2D eigenvalue weighted by Crippen LogP contribution is -2.37. The second kappa shape index (κ2) is 9.47. The molecule has 144 valence electrons. The Labute approximate surface area is 158 Å². The maximum absolute atomic E-state index is 12.7. The zero-order valence-corrected chi connectivity index (χ0v) is 15.6. The van der Waals surface area contributed by atoms with Crippen LogP contribution in [0.4, 0.5) is 0 Å². The van der Waals surface area contributed by atoms with Gasteiger partial charge >= 0.3 is 5.97 Å².